The van der Waals surface area contributed by atoms with Gasteiger partial charge in [-0.15, -0.1) is 0 Å². The Bertz CT molecular complexity index is 1440. The van der Waals surface area contributed by atoms with E-state index in [1.54, 1.807) is 12.1 Å². The van der Waals surface area contributed by atoms with E-state index in [1.807, 2.05) is 62.4 Å². The SMILES string of the molecule is Cc1cc(/C=C2/C(=N)N3N=C(c4ccccc4Cl)SC3=NC2=O)c(C)n1-c1cccc(Cl)c1. The molecule has 0 atom stereocenters. The van der Waals surface area contributed by atoms with Crippen LogP contribution in [0.5, 0.6) is 0 Å². The van der Waals surface area contributed by atoms with Crippen LogP contribution >= 0.6 is 35.0 Å². The molecule has 0 saturated carbocycles. The van der Waals surface area contributed by atoms with Crippen molar-refractivity contribution < 1.29 is 4.79 Å². The zero-order chi connectivity index (χ0) is 23.3. The van der Waals surface area contributed by atoms with Gasteiger partial charge in [-0.3, -0.25) is 10.2 Å². The summed E-state index contributed by atoms with van der Waals surface area (Å²) in [6.45, 7) is 3.95. The summed E-state index contributed by atoms with van der Waals surface area (Å²) >= 11 is 13.7. The maximum Gasteiger partial charge on any atom is 0.283 e. The highest BCUT2D eigenvalue weighted by molar-refractivity contribution is 8.27. The molecule has 0 spiro atoms. The molecule has 2 aliphatic heterocycles. The Balaban J connectivity index is 1.53. The van der Waals surface area contributed by atoms with Crippen LogP contribution in [0.25, 0.3) is 11.8 Å². The van der Waals surface area contributed by atoms with Crippen LogP contribution in [-0.2, 0) is 4.79 Å². The first-order valence-electron chi connectivity index (χ1n) is 10.0. The summed E-state index contributed by atoms with van der Waals surface area (Å²) in [7, 11) is 0. The summed E-state index contributed by atoms with van der Waals surface area (Å²) in [5.41, 5.74) is 4.57. The predicted molar refractivity (Wildman–Crippen MR) is 136 cm³/mol. The van der Waals surface area contributed by atoms with Gasteiger partial charge in [0, 0.05) is 27.7 Å². The summed E-state index contributed by atoms with van der Waals surface area (Å²) in [4.78, 5) is 17.0. The van der Waals surface area contributed by atoms with Gasteiger partial charge in [0.25, 0.3) is 5.91 Å². The molecular formula is C24H17Cl2N5OS. The number of amidine groups is 2. The molecule has 3 heterocycles. The highest BCUT2D eigenvalue weighted by Gasteiger charge is 2.36. The van der Waals surface area contributed by atoms with Crippen molar-refractivity contribution in [2.45, 2.75) is 13.8 Å². The van der Waals surface area contributed by atoms with E-state index in [2.05, 4.69) is 14.7 Å². The van der Waals surface area contributed by atoms with Crippen molar-refractivity contribution in [2.24, 2.45) is 10.1 Å². The van der Waals surface area contributed by atoms with Crippen LogP contribution in [0.15, 0.2) is 70.3 Å². The lowest BCUT2D eigenvalue weighted by atomic mass is 10.1. The van der Waals surface area contributed by atoms with Gasteiger partial charge in [-0.2, -0.15) is 15.1 Å². The molecule has 0 aliphatic carbocycles. The van der Waals surface area contributed by atoms with Gasteiger partial charge in [-0.1, -0.05) is 47.5 Å². The molecule has 9 heteroatoms. The molecule has 0 unspecified atom stereocenters. The number of hydrogen-bond acceptors (Lipinski definition) is 4. The first kappa shape index (κ1) is 21.7. The lowest BCUT2D eigenvalue weighted by Gasteiger charge is -2.20. The average molecular weight is 494 g/mol. The molecule has 0 saturated heterocycles. The minimum Gasteiger partial charge on any atom is -0.318 e. The topological polar surface area (TPSA) is 73.8 Å². The van der Waals surface area contributed by atoms with Crippen LogP contribution in [0.3, 0.4) is 0 Å². The molecule has 2 aromatic carbocycles. The van der Waals surface area contributed by atoms with E-state index in [4.69, 9.17) is 28.6 Å². The number of carbonyl (C=O) groups is 1. The predicted octanol–water partition coefficient (Wildman–Crippen LogP) is 6.07. The Morgan fingerprint density at radius 2 is 1.85 bits per heavy atom. The number of aryl methyl sites for hydroxylation is 1. The third-order valence-corrected chi connectivity index (χ3v) is 6.90. The van der Waals surface area contributed by atoms with Gasteiger partial charge in [0.15, 0.2) is 5.84 Å². The lowest BCUT2D eigenvalue weighted by Crippen LogP contribution is -2.35. The molecule has 6 nitrogen and oxygen atoms in total. The first-order chi connectivity index (χ1) is 15.8. The number of halogens is 2. The Labute approximate surface area is 204 Å². The zero-order valence-corrected chi connectivity index (χ0v) is 20.0. The Morgan fingerprint density at radius 3 is 2.61 bits per heavy atom. The number of rotatable bonds is 3. The number of aliphatic imine (C=N–C) groups is 1. The van der Waals surface area contributed by atoms with E-state index < -0.39 is 5.91 Å². The minimum atomic E-state index is -0.470. The lowest BCUT2D eigenvalue weighted by molar-refractivity contribution is -0.114. The van der Waals surface area contributed by atoms with Gasteiger partial charge in [0.2, 0.25) is 5.17 Å². The van der Waals surface area contributed by atoms with E-state index in [0.29, 0.717) is 20.3 Å². The highest BCUT2D eigenvalue weighted by Crippen LogP contribution is 2.33. The van der Waals surface area contributed by atoms with Gasteiger partial charge < -0.3 is 4.57 Å². The van der Waals surface area contributed by atoms with E-state index in [0.717, 1.165) is 28.2 Å². The van der Waals surface area contributed by atoms with Crippen LogP contribution < -0.4 is 0 Å². The number of fused-ring (bicyclic) bond motifs is 1. The van der Waals surface area contributed by atoms with Gasteiger partial charge >= 0.3 is 0 Å². The van der Waals surface area contributed by atoms with Crippen LogP contribution in [0.4, 0.5) is 0 Å². The third-order valence-electron chi connectivity index (χ3n) is 5.40. The molecule has 1 aromatic heterocycles. The number of nitrogens with zero attached hydrogens (tertiary/aromatic N) is 4. The number of benzene rings is 2. The number of hydrazone groups is 1. The fourth-order valence-corrected chi connectivity index (χ4v) is 5.23. The van der Waals surface area contributed by atoms with E-state index in [-0.39, 0.29) is 11.4 Å². The molecule has 164 valence electrons. The fourth-order valence-electron chi connectivity index (χ4n) is 3.84. The molecule has 0 fully saturated rings. The van der Waals surface area contributed by atoms with Gasteiger partial charge in [0.05, 0.1) is 10.6 Å². The number of carbonyl (C=O) groups excluding carboxylic acids is 1. The van der Waals surface area contributed by atoms with Gasteiger partial charge in [-0.25, -0.2) is 0 Å². The smallest absolute Gasteiger partial charge is 0.283 e. The standard InChI is InChI=1S/C24H17Cl2N5OS/c1-13-10-15(14(2)30(13)17-7-5-6-16(25)12-17)11-19-21(27)31-24(28-22(19)32)33-23(29-31)18-8-3-4-9-20(18)26/h3-12,27H,1-2H3/b19-11-,27-21?. The molecule has 0 bridgehead atoms. The quantitative estimate of drug-likeness (QED) is 0.450. The van der Waals surface area contributed by atoms with Crippen molar-refractivity contribution >= 4 is 63.0 Å². The van der Waals surface area contributed by atoms with Crippen molar-refractivity contribution in [3.63, 3.8) is 0 Å². The summed E-state index contributed by atoms with van der Waals surface area (Å²) < 4.78 is 2.06. The fraction of sp³-hybridized carbons (Fsp3) is 0.0833. The summed E-state index contributed by atoms with van der Waals surface area (Å²) in [5.74, 6) is -0.492. The highest BCUT2D eigenvalue weighted by atomic mass is 35.5. The molecular weight excluding hydrogens is 477 g/mol. The van der Waals surface area contributed by atoms with Gasteiger partial charge in [-0.05, 0) is 67.6 Å². The van der Waals surface area contributed by atoms with E-state index >= 15 is 0 Å². The number of hydrogen-bond donors (Lipinski definition) is 1. The minimum absolute atomic E-state index is 0.0212. The van der Waals surface area contributed by atoms with Gasteiger partial charge in [0.1, 0.15) is 5.04 Å². The summed E-state index contributed by atoms with van der Waals surface area (Å²) in [6.07, 6.45) is 1.70. The number of nitrogens with one attached hydrogen (secondary N) is 1. The number of amides is 1. The Morgan fingerprint density at radius 1 is 1.06 bits per heavy atom. The second-order valence-corrected chi connectivity index (χ2v) is 9.35. The average Bonchev–Trinajstić information content (AvgIpc) is 3.32. The summed E-state index contributed by atoms with van der Waals surface area (Å²) in [6, 6.07) is 16.9. The second kappa shape index (κ2) is 8.33. The summed E-state index contributed by atoms with van der Waals surface area (Å²) in [5, 5.41) is 16.7. The second-order valence-electron chi connectivity index (χ2n) is 7.55. The van der Waals surface area contributed by atoms with Crippen LogP contribution in [-0.4, -0.2) is 31.5 Å². The van der Waals surface area contributed by atoms with E-state index in [9.17, 15) is 4.79 Å². The zero-order valence-electron chi connectivity index (χ0n) is 17.6. The first-order valence-corrected chi connectivity index (χ1v) is 11.6. The number of thioether (sulfide) groups is 1. The van der Waals surface area contributed by atoms with E-state index in [1.165, 1.54) is 16.8 Å². The van der Waals surface area contributed by atoms with Crippen LogP contribution in [0, 0.1) is 19.3 Å². The monoisotopic (exact) mass is 493 g/mol. The number of aromatic nitrogens is 1. The molecule has 33 heavy (non-hydrogen) atoms. The largest absolute Gasteiger partial charge is 0.318 e. The van der Waals surface area contributed by atoms with Crippen LogP contribution in [0.1, 0.15) is 22.5 Å². The molecule has 1 amide bonds. The molecule has 5 rings (SSSR count). The molecule has 3 aromatic rings. The Hall–Kier alpha value is -3.13. The molecule has 2 aliphatic rings. The van der Waals surface area contributed by atoms with Crippen LogP contribution in [0.2, 0.25) is 10.0 Å². The maximum atomic E-state index is 12.8. The van der Waals surface area contributed by atoms with Crippen molar-refractivity contribution in [2.75, 3.05) is 0 Å². The normalized spacial score (nSPS) is 16.8. The Kier molecular flexibility index (Phi) is 5.48. The third kappa shape index (κ3) is 3.82. The molecule has 0 radical (unpaired) electrons. The van der Waals surface area contributed by atoms with Crippen molar-refractivity contribution in [3.05, 3.63) is 92.7 Å². The maximum absolute atomic E-state index is 12.8. The van der Waals surface area contributed by atoms with Crippen molar-refractivity contribution in [1.29, 1.82) is 5.41 Å². The van der Waals surface area contributed by atoms with Crippen molar-refractivity contribution in [3.8, 4) is 5.69 Å². The molecule has 1 N–H and O–H groups in total. The van der Waals surface area contributed by atoms with Crippen molar-refractivity contribution in [1.82, 2.24) is 9.58 Å².